The lowest BCUT2D eigenvalue weighted by atomic mass is 10.1. The van der Waals surface area contributed by atoms with Crippen LogP contribution in [0, 0.1) is 17.5 Å². The van der Waals surface area contributed by atoms with E-state index in [9.17, 15) is 13.2 Å². The zero-order valence-corrected chi connectivity index (χ0v) is 10.7. The Morgan fingerprint density at radius 2 is 1.85 bits per heavy atom. The number of nitrogen functional groups attached to an aromatic ring is 1. The highest BCUT2D eigenvalue weighted by Crippen LogP contribution is 2.39. The average molecular weight is 296 g/mol. The number of anilines is 1. The topological polar surface area (TPSA) is 52.0 Å². The van der Waals surface area contributed by atoms with Crippen LogP contribution in [0.5, 0.6) is 0 Å². The largest absolute Gasteiger partial charge is 0.380 e. The Hall–Kier alpha value is -2.28. The molecule has 3 rings (SSSR count). The summed E-state index contributed by atoms with van der Waals surface area (Å²) in [6.07, 6.45) is 0. The number of rotatable bonds is 2. The third-order valence-electron chi connectivity index (χ3n) is 2.73. The Bertz CT molecular complexity index is 745. The maximum Gasteiger partial charge on any atom is 0.194 e. The Kier molecular flexibility index (Phi) is 2.98. The molecule has 0 aliphatic rings. The van der Waals surface area contributed by atoms with Crippen LogP contribution < -0.4 is 5.73 Å². The second kappa shape index (κ2) is 4.68. The fourth-order valence-electron chi connectivity index (χ4n) is 1.85. The monoisotopic (exact) mass is 296 g/mol. The average Bonchev–Trinajstić information content (AvgIpc) is 3.04. The van der Waals surface area contributed by atoms with Crippen molar-refractivity contribution in [2.24, 2.45) is 0 Å². The molecule has 0 saturated heterocycles. The third-order valence-corrected chi connectivity index (χ3v) is 3.62. The van der Waals surface area contributed by atoms with Crippen molar-refractivity contribution in [1.29, 1.82) is 0 Å². The molecule has 0 saturated carbocycles. The van der Waals surface area contributed by atoms with Crippen molar-refractivity contribution >= 4 is 17.2 Å². The van der Waals surface area contributed by atoms with Gasteiger partial charge in [0.2, 0.25) is 0 Å². The highest BCUT2D eigenvalue weighted by Gasteiger charge is 2.21. The number of nitrogens with zero attached hydrogens (tertiary/aromatic N) is 1. The number of thiophene rings is 1. The molecule has 0 unspecified atom stereocenters. The van der Waals surface area contributed by atoms with Gasteiger partial charge in [0.1, 0.15) is 0 Å². The molecule has 2 heterocycles. The first-order valence-electron chi connectivity index (χ1n) is 5.52. The van der Waals surface area contributed by atoms with Crippen LogP contribution >= 0.6 is 11.3 Å². The molecule has 0 amide bonds. The molecule has 102 valence electrons. The summed E-state index contributed by atoms with van der Waals surface area (Å²) in [4.78, 5) is 0.740. The summed E-state index contributed by atoms with van der Waals surface area (Å²) in [5.74, 6) is -3.92. The van der Waals surface area contributed by atoms with Gasteiger partial charge in [-0.3, -0.25) is 0 Å². The van der Waals surface area contributed by atoms with Crippen LogP contribution in [0.25, 0.3) is 21.8 Å². The third kappa shape index (κ3) is 1.96. The second-order valence-corrected chi connectivity index (χ2v) is 4.95. The minimum absolute atomic E-state index is 0.0361. The van der Waals surface area contributed by atoms with Gasteiger partial charge in [0, 0.05) is 10.4 Å². The van der Waals surface area contributed by atoms with Crippen molar-refractivity contribution in [2.75, 3.05) is 5.73 Å². The van der Waals surface area contributed by atoms with E-state index in [1.165, 1.54) is 11.3 Å². The first-order valence-corrected chi connectivity index (χ1v) is 6.40. The zero-order valence-electron chi connectivity index (χ0n) is 9.86. The van der Waals surface area contributed by atoms with Gasteiger partial charge in [-0.15, -0.1) is 11.3 Å². The van der Waals surface area contributed by atoms with Crippen LogP contribution in [0.4, 0.5) is 19.0 Å². The van der Waals surface area contributed by atoms with Crippen molar-refractivity contribution in [3.63, 3.8) is 0 Å². The highest BCUT2D eigenvalue weighted by atomic mass is 32.1. The van der Waals surface area contributed by atoms with Gasteiger partial charge in [-0.25, -0.2) is 13.2 Å². The van der Waals surface area contributed by atoms with Crippen LogP contribution in [0.3, 0.4) is 0 Å². The molecule has 3 nitrogen and oxygen atoms in total. The lowest BCUT2D eigenvalue weighted by Crippen LogP contribution is -1.92. The summed E-state index contributed by atoms with van der Waals surface area (Å²) < 4.78 is 44.6. The molecule has 0 bridgehead atoms. The smallest absolute Gasteiger partial charge is 0.194 e. The molecule has 0 aliphatic heterocycles. The Balaban J connectivity index is 2.22. The number of hydrogen-bond donors (Lipinski definition) is 1. The molecule has 7 heteroatoms. The minimum atomic E-state index is -1.53. The number of aromatic nitrogens is 1. The highest BCUT2D eigenvalue weighted by molar-refractivity contribution is 7.13. The molecule has 0 radical (unpaired) electrons. The minimum Gasteiger partial charge on any atom is -0.380 e. The Morgan fingerprint density at radius 1 is 1.15 bits per heavy atom. The van der Waals surface area contributed by atoms with Crippen LogP contribution in [-0.4, -0.2) is 5.16 Å². The van der Waals surface area contributed by atoms with Gasteiger partial charge >= 0.3 is 0 Å². The number of hydrogen-bond acceptors (Lipinski definition) is 4. The molecule has 3 aromatic rings. The van der Waals surface area contributed by atoms with E-state index in [0.29, 0.717) is 5.56 Å². The molecular formula is C13H7F3N2OS. The normalized spacial score (nSPS) is 10.9. The van der Waals surface area contributed by atoms with Gasteiger partial charge in [0.05, 0.1) is 5.56 Å². The van der Waals surface area contributed by atoms with Crippen LogP contribution in [0.2, 0.25) is 0 Å². The first kappa shape index (κ1) is 12.7. The van der Waals surface area contributed by atoms with E-state index in [4.69, 9.17) is 10.3 Å². The fourth-order valence-corrected chi connectivity index (χ4v) is 2.62. The molecule has 20 heavy (non-hydrogen) atoms. The quantitative estimate of drug-likeness (QED) is 0.725. The van der Waals surface area contributed by atoms with E-state index in [1.54, 1.807) is 12.1 Å². The van der Waals surface area contributed by atoms with Crippen molar-refractivity contribution in [2.45, 2.75) is 0 Å². The summed E-state index contributed by atoms with van der Waals surface area (Å²) in [6, 6.07) is 5.25. The number of nitrogens with two attached hydrogens (primary N) is 1. The van der Waals surface area contributed by atoms with Crippen molar-refractivity contribution < 1.29 is 17.7 Å². The van der Waals surface area contributed by atoms with Gasteiger partial charge in [0.15, 0.2) is 29.0 Å². The fraction of sp³-hybridized carbons (Fsp3) is 0. The molecule has 1 aromatic carbocycles. The number of halogens is 3. The van der Waals surface area contributed by atoms with E-state index in [1.807, 2.05) is 5.38 Å². The SMILES string of the molecule is Nc1noc(-c2cc(F)c(F)c(F)c2)c1-c1cccs1. The molecule has 0 fully saturated rings. The van der Waals surface area contributed by atoms with Crippen molar-refractivity contribution in [3.05, 3.63) is 47.1 Å². The van der Waals surface area contributed by atoms with Gasteiger partial charge in [-0.1, -0.05) is 11.2 Å². The van der Waals surface area contributed by atoms with Crippen LogP contribution in [-0.2, 0) is 0 Å². The van der Waals surface area contributed by atoms with E-state index in [-0.39, 0.29) is 17.1 Å². The lowest BCUT2D eigenvalue weighted by Gasteiger charge is -2.02. The van der Waals surface area contributed by atoms with E-state index in [2.05, 4.69) is 5.16 Å². The lowest BCUT2D eigenvalue weighted by molar-refractivity contribution is 0.430. The zero-order chi connectivity index (χ0) is 14.3. The Morgan fingerprint density at radius 3 is 2.45 bits per heavy atom. The summed E-state index contributed by atoms with van der Waals surface area (Å²) >= 11 is 1.37. The van der Waals surface area contributed by atoms with Crippen LogP contribution in [0.1, 0.15) is 0 Å². The van der Waals surface area contributed by atoms with Crippen molar-refractivity contribution in [1.82, 2.24) is 5.16 Å². The summed E-state index contributed by atoms with van der Waals surface area (Å²) in [7, 11) is 0. The Labute approximate surface area is 115 Å². The van der Waals surface area contributed by atoms with E-state index >= 15 is 0 Å². The van der Waals surface area contributed by atoms with Gasteiger partial charge in [-0.2, -0.15) is 0 Å². The molecule has 0 aliphatic carbocycles. The predicted molar refractivity (Wildman–Crippen MR) is 69.5 cm³/mol. The molecule has 2 N–H and O–H groups in total. The molecule has 2 aromatic heterocycles. The molecule has 0 atom stereocenters. The first-order chi connectivity index (χ1) is 9.58. The molecule has 0 spiro atoms. The standard InChI is InChI=1S/C13H7F3N2OS/c14-7-4-6(5-8(15)11(7)16)12-10(13(17)18-19-12)9-2-1-3-20-9/h1-5H,(H2,17,18). The second-order valence-electron chi connectivity index (χ2n) is 4.00. The van der Waals surface area contributed by atoms with Gasteiger partial charge in [-0.05, 0) is 23.6 Å². The number of benzene rings is 1. The maximum absolute atomic E-state index is 13.3. The van der Waals surface area contributed by atoms with Crippen molar-refractivity contribution in [3.8, 4) is 21.8 Å². The van der Waals surface area contributed by atoms with Gasteiger partial charge < -0.3 is 10.3 Å². The maximum atomic E-state index is 13.3. The summed E-state index contributed by atoms with van der Waals surface area (Å²) in [5.41, 5.74) is 6.19. The summed E-state index contributed by atoms with van der Waals surface area (Å²) in [6.45, 7) is 0. The van der Waals surface area contributed by atoms with Crippen LogP contribution in [0.15, 0.2) is 34.2 Å². The molecular weight excluding hydrogens is 289 g/mol. The van der Waals surface area contributed by atoms with E-state index in [0.717, 1.165) is 17.0 Å². The van der Waals surface area contributed by atoms with E-state index < -0.39 is 17.5 Å². The van der Waals surface area contributed by atoms with Gasteiger partial charge in [0.25, 0.3) is 0 Å². The summed E-state index contributed by atoms with van der Waals surface area (Å²) in [5, 5.41) is 5.42. The predicted octanol–water partition coefficient (Wildman–Crippen LogP) is 4.07.